The van der Waals surface area contributed by atoms with E-state index in [1.807, 2.05) is 25.1 Å². The standard InChI is InChI=1S/C13H13N7/c1-9-8-10(4-6-15-9)11-17-12(14-2)19-13(18-11)20-7-3-5-16-20/h3-8H,1-2H3,(H,14,17,18,19). The van der Waals surface area contributed by atoms with E-state index in [4.69, 9.17) is 0 Å². The number of aromatic nitrogens is 6. The number of hydrogen-bond donors (Lipinski definition) is 1. The second-order valence-corrected chi connectivity index (χ2v) is 4.17. The molecular formula is C13H13N7. The van der Waals surface area contributed by atoms with Crippen LogP contribution < -0.4 is 5.32 Å². The van der Waals surface area contributed by atoms with Crippen molar-refractivity contribution in [3.8, 4) is 17.3 Å². The number of rotatable bonds is 3. The van der Waals surface area contributed by atoms with Gasteiger partial charge in [0.15, 0.2) is 5.82 Å². The number of anilines is 1. The van der Waals surface area contributed by atoms with Crippen molar-refractivity contribution in [2.45, 2.75) is 6.92 Å². The van der Waals surface area contributed by atoms with Crippen LogP contribution in [0.4, 0.5) is 5.95 Å². The van der Waals surface area contributed by atoms with Crippen molar-refractivity contribution in [3.05, 3.63) is 42.5 Å². The molecule has 100 valence electrons. The maximum absolute atomic E-state index is 4.45. The Labute approximate surface area is 115 Å². The van der Waals surface area contributed by atoms with E-state index in [0.29, 0.717) is 17.7 Å². The minimum absolute atomic E-state index is 0.471. The maximum Gasteiger partial charge on any atom is 0.255 e. The van der Waals surface area contributed by atoms with Crippen molar-refractivity contribution in [1.29, 1.82) is 0 Å². The van der Waals surface area contributed by atoms with Crippen molar-refractivity contribution in [2.24, 2.45) is 0 Å². The molecule has 3 aromatic rings. The molecule has 0 radical (unpaired) electrons. The van der Waals surface area contributed by atoms with Crippen LogP contribution in [0.1, 0.15) is 5.69 Å². The van der Waals surface area contributed by atoms with Crippen LogP contribution in [0.2, 0.25) is 0 Å². The highest BCUT2D eigenvalue weighted by atomic mass is 15.4. The Bertz CT molecular complexity index is 721. The summed E-state index contributed by atoms with van der Waals surface area (Å²) in [5, 5.41) is 7.07. The lowest BCUT2D eigenvalue weighted by Gasteiger charge is -2.07. The van der Waals surface area contributed by atoms with Crippen LogP contribution in [0, 0.1) is 6.92 Å². The van der Waals surface area contributed by atoms with Gasteiger partial charge in [-0.2, -0.15) is 20.1 Å². The van der Waals surface area contributed by atoms with Gasteiger partial charge in [-0.15, -0.1) is 0 Å². The highest BCUT2D eigenvalue weighted by molar-refractivity contribution is 5.56. The summed E-state index contributed by atoms with van der Waals surface area (Å²) >= 11 is 0. The molecule has 0 aromatic carbocycles. The molecule has 0 spiro atoms. The number of nitrogens with one attached hydrogen (secondary N) is 1. The van der Waals surface area contributed by atoms with E-state index in [-0.39, 0.29) is 0 Å². The Morgan fingerprint density at radius 2 is 2.05 bits per heavy atom. The molecule has 1 N–H and O–H groups in total. The van der Waals surface area contributed by atoms with E-state index in [1.54, 1.807) is 30.3 Å². The lowest BCUT2D eigenvalue weighted by Crippen LogP contribution is -2.08. The molecular weight excluding hydrogens is 254 g/mol. The van der Waals surface area contributed by atoms with Gasteiger partial charge in [0.1, 0.15) is 0 Å². The first-order valence-corrected chi connectivity index (χ1v) is 6.13. The maximum atomic E-state index is 4.45. The first-order chi connectivity index (χ1) is 9.76. The minimum Gasteiger partial charge on any atom is -0.357 e. The van der Waals surface area contributed by atoms with E-state index in [0.717, 1.165) is 11.3 Å². The molecule has 0 saturated heterocycles. The van der Waals surface area contributed by atoms with Gasteiger partial charge in [-0.25, -0.2) is 4.68 Å². The molecule has 0 fully saturated rings. The molecule has 0 amide bonds. The van der Waals surface area contributed by atoms with Gasteiger partial charge in [0, 0.05) is 36.9 Å². The third-order valence-electron chi connectivity index (χ3n) is 2.71. The van der Waals surface area contributed by atoms with Gasteiger partial charge in [-0.05, 0) is 25.1 Å². The van der Waals surface area contributed by atoms with Gasteiger partial charge in [0.2, 0.25) is 5.95 Å². The van der Waals surface area contributed by atoms with Gasteiger partial charge < -0.3 is 5.32 Å². The Hall–Kier alpha value is -2.83. The van der Waals surface area contributed by atoms with Crippen LogP contribution in [0.15, 0.2) is 36.8 Å². The second-order valence-electron chi connectivity index (χ2n) is 4.17. The molecule has 0 bridgehead atoms. The Morgan fingerprint density at radius 1 is 1.15 bits per heavy atom. The van der Waals surface area contributed by atoms with E-state index < -0.39 is 0 Å². The molecule has 0 aliphatic carbocycles. The van der Waals surface area contributed by atoms with E-state index in [1.165, 1.54) is 0 Å². The van der Waals surface area contributed by atoms with Crippen molar-refractivity contribution in [2.75, 3.05) is 12.4 Å². The molecule has 7 nitrogen and oxygen atoms in total. The molecule has 0 aliphatic heterocycles. The zero-order valence-corrected chi connectivity index (χ0v) is 11.1. The van der Waals surface area contributed by atoms with Gasteiger partial charge in [-0.1, -0.05) is 0 Å². The zero-order valence-electron chi connectivity index (χ0n) is 11.1. The zero-order chi connectivity index (χ0) is 13.9. The molecule has 0 aliphatic rings. The lowest BCUT2D eigenvalue weighted by molar-refractivity contribution is 0.799. The summed E-state index contributed by atoms with van der Waals surface area (Å²) in [6, 6.07) is 5.62. The topological polar surface area (TPSA) is 81.4 Å². The Morgan fingerprint density at radius 3 is 2.75 bits per heavy atom. The van der Waals surface area contributed by atoms with Crippen molar-refractivity contribution in [1.82, 2.24) is 29.7 Å². The average molecular weight is 267 g/mol. The summed E-state index contributed by atoms with van der Waals surface area (Å²) in [5.74, 6) is 1.55. The lowest BCUT2D eigenvalue weighted by atomic mass is 10.2. The first kappa shape index (κ1) is 12.2. The van der Waals surface area contributed by atoms with Gasteiger partial charge in [0.25, 0.3) is 5.95 Å². The largest absolute Gasteiger partial charge is 0.357 e. The fourth-order valence-corrected chi connectivity index (χ4v) is 1.78. The Balaban J connectivity index is 2.14. The van der Waals surface area contributed by atoms with Crippen LogP contribution in [0.5, 0.6) is 0 Å². The molecule has 20 heavy (non-hydrogen) atoms. The predicted octanol–water partition coefficient (Wildman–Crippen LogP) is 1.47. The second kappa shape index (κ2) is 5.04. The molecule has 3 rings (SSSR count). The van der Waals surface area contributed by atoms with E-state index in [9.17, 15) is 0 Å². The minimum atomic E-state index is 0.471. The number of aryl methyl sites for hydroxylation is 1. The van der Waals surface area contributed by atoms with Gasteiger partial charge in [0.05, 0.1) is 0 Å². The molecule has 0 atom stereocenters. The fraction of sp³-hybridized carbons (Fsp3) is 0.154. The van der Waals surface area contributed by atoms with E-state index >= 15 is 0 Å². The first-order valence-electron chi connectivity index (χ1n) is 6.13. The van der Waals surface area contributed by atoms with E-state index in [2.05, 4.69) is 30.4 Å². The summed E-state index contributed by atoms with van der Waals surface area (Å²) < 4.78 is 1.60. The monoisotopic (exact) mass is 267 g/mol. The summed E-state index contributed by atoms with van der Waals surface area (Å²) in [4.78, 5) is 17.3. The average Bonchev–Trinajstić information content (AvgIpc) is 3.01. The summed E-state index contributed by atoms with van der Waals surface area (Å²) in [6.45, 7) is 1.93. The van der Waals surface area contributed by atoms with Crippen LogP contribution in [0.3, 0.4) is 0 Å². The third-order valence-corrected chi connectivity index (χ3v) is 2.71. The molecule has 0 saturated carbocycles. The molecule has 0 unspecified atom stereocenters. The normalized spacial score (nSPS) is 10.5. The predicted molar refractivity (Wildman–Crippen MR) is 74.5 cm³/mol. The molecule has 3 aromatic heterocycles. The highest BCUT2D eigenvalue weighted by Crippen LogP contribution is 2.17. The summed E-state index contributed by atoms with van der Waals surface area (Å²) in [7, 11) is 1.77. The third kappa shape index (κ3) is 2.33. The Kier molecular flexibility index (Phi) is 3.08. The molecule has 3 heterocycles. The van der Waals surface area contributed by atoms with Crippen molar-refractivity contribution < 1.29 is 0 Å². The fourth-order valence-electron chi connectivity index (χ4n) is 1.78. The quantitative estimate of drug-likeness (QED) is 0.774. The smallest absolute Gasteiger partial charge is 0.255 e. The van der Waals surface area contributed by atoms with Crippen LogP contribution in [-0.4, -0.2) is 36.8 Å². The van der Waals surface area contributed by atoms with Crippen LogP contribution in [0.25, 0.3) is 17.3 Å². The van der Waals surface area contributed by atoms with Crippen molar-refractivity contribution in [3.63, 3.8) is 0 Å². The van der Waals surface area contributed by atoms with Gasteiger partial charge in [-0.3, -0.25) is 4.98 Å². The SMILES string of the molecule is CNc1nc(-c2ccnc(C)c2)nc(-n2cccn2)n1. The molecule has 7 heteroatoms. The summed E-state index contributed by atoms with van der Waals surface area (Å²) in [6.07, 6.45) is 5.20. The van der Waals surface area contributed by atoms with Crippen molar-refractivity contribution >= 4 is 5.95 Å². The van der Waals surface area contributed by atoms with Crippen LogP contribution in [-0.2, 0) is 0 Å². The number of hydrogen-bond acceptors (Lipinski definition) is 6. The number of nitrogens with zero attached hydrogens (tertiary/aromatic N) is 6. The highest BCUT2D eigenvalue weighted by Gasteiger charge is 2.09. The summed E-state index contributed by atoms with van der Waals surface area (Å²) in [5.41, 5.74) is 1.80. The number of pyridine rings is 1. The van der Waals surface area contributed by atoms with Crippen LogP contribution >= 0.6 is 0 Å². The van der Waals surface area contributed by atoms with Gasteiger partial charge >= 0.3 is 0 Å².